The smallest absolute Gasteiger partial charge is 0.224 e. The van der Waals surface area contributed by atoms with Gasteiger partial charge in [-0.05, 0) is 43.7 Å². The Labute approximate surface area is 142 Å². The van der Waals surface area contributed by atoms with E-state index in [4.69, 9.17) is 0 Å². The molecule has 1 fully saturated rings. The normalized spacial score (nSPS) is 16.1. The Morgan fingerprint density at radius 2 is 1.75 bits per heavy atom. The molecular formula is C18H24FN5. The van der Waals surface area contributed by atoms with Gasteiger partial charge in [0, 0.05) is 44.1 Å². The van der Waals surface area contributed by atoms with Crippen molar-refractivity contribution in [3.63, 3.8) is 0 Å². The van der Waals surface area contributed by atoms with Crippen LogP contribution in [-0.4, -0.2) is 42.2 Å². The van der Waals surface area contributed by atoms with Gasteiger partial charge in [-0.1, -0.05) is 6.92 Å². The number of nitrogens with one attached hydrogen (secondary N) is 1. The van der Waals surface area contributed by atoms with Crippen LogP contribution in [0.4, 0.5) is 21.8 Å². The van der Waals surface area contributed by atoms with Crippen molar-refractivity contribution in [2.75, 3.05) is 41.3 Å². The van der Waals surface area contributed by atoms with E-state index < -0.39 is 0 Å². The maximum Gasteiger partial charge on any atom is 0.224 e. The van der Waals surface area contributed by atoms with Gasteiger partial charge in [0.25, 0.3) is 0 Å². The highest BCUT2D eigenvalue weighted by molar-refractivity contribution is 5.50. The van der Waals surface area contributed by atoms with Crippen LogP contribution in [0.2, 0.25) is 0 Å². The zero-order valence-electron chi connectivity index (χ0n) is 14.2. The number of aromatic nitrogens is 2. The predicted molar refractivity (Wildman–Crippen MR) is 96.2 cm³/mol. The summed E-state index contributed by atoms with van der Waals surface area (Å²) >= 11 is 0. The Kier molecular flexibility index (Phi) is 5.13. The first-order valence-corrected chi connectivity index (χ1v) is 8.50. The molecule has 1 unspecified atom stereocenters. The van der Waals surface area contributed by atoms with Crippen molar-refractivity contribution in [2.45, 2.75) is 26.3 Å². The summed E-state index contributed by atoms with van der Waals surface area (Å²) in [7, 11) is 0. The fraction of sp³-hybridized carbons (Fsp3) is 0.444. The molecule has 1 aromatic heterocycles. The van der Waals surface area contributed by atoms with Crippen molar-refractivity contribution in [2.24, 2.45) is 0 Å². The van der Waals surface area contributed by atoms with E-state index in [-0.39, 0.29) is 5.82 Å². The van der Waals surface area contributed by atoms with Crippen molar-refractivity contribution in [1.29, 1.82) is 0 Å². The van der Waals surface area contributed by atoms with Gasteiger partial charge in [0.15, 0.2) is 0 Å². The second-order valence-electron chi connectivity index (χ2n) is 6.14. The molecule has 2 aromatic rings. The average molecular weight is 329 g/mol. The minimum absolute atomic E-state index is 0.195. The zero-order chi connectivity index (χ0) is 16.9. The molecule has 0 saturated carbocycles. The first kappa shape index (κ1) is 16.5. The lowest BCUT2D eigenvalue weighted by Gasteiger charge is -2.36. The molecule has 1 saturated heterocycles. The SMILES string of the molecule is CCC(C)Nc1nccc(N2CCN(c3ccc(F)cc3)CC2)n1. The Morgan fingerprint density at radius 3 is 2.42 bits per heavy atom. The van der Waals surface area contributed by atoms with Crippen LogP contribution in [-0.2, 0) is 0 Å². The number of rotatable bonds is 5. The van der Waals surface area contributed by atoms with Crippen LogP contribution in [0.5, 0.6) is 0 Å². The number of piperazine rings is 1. The highest BCUT2D eigenvalue weighted by Crippen LogP contribution is 2.20. The number of anilines is 3. The van der Waals surface area contributed by atoms with Crippen LogP contribution < -0.4 is 15.1 Å². The topological polar surface area (TPSA) is 44.3 Å². The summed E-state index contributed by atoms with van der Waals surface area (Å²) in [5.74, 6) is 1.44. The zero-order valence-corrected chi connectivity index (χ0v) is 14.2. The molecule has 0 aliphatic carbocycles. The summed E-state index contributed by atoms with van der Waals surface area (Å²) in [5.41, 5.74) is 1.07. The molecule has 1 aliphatic rings. The maximum absolute atomic E-state index is 13.0. The summed E-state index contributed by atoms with van der Waals surface area (Å²) in [6, 6.07) is 9.01. The summed E-state index contributed by atoms with van der Waals surface area (Å²) in [6.45, 7) is 7.82. The lowest BCUT2D eigenvalue weighted by atomic mass is 10.2. The van der Waals surface area contributed by atoms with Gasteiger partial charge in [0.2, 0.25) is 5.95 Å². The molecule has 24 heavy (non-hydrogen) atoms. The molecule has 2 heterocycles. The van der Waals surface area contributed by atoms with E-state index in [0.717, 1.165) is 44.1 Å². The molecule has 0 bridgehead atoms. The average Bonchev–Trinajstić information content (AvgIpc) is 2.63. The largest absolute Gasteiger partial charge is 0.368 e. The summed E-state index contributed by atoms with van der Waals surface area (Å²) in [6.07, 6.45) is 2.84. The molecule has 0 radical (unpaired) electrons. The van der Waals surface area contributed by atoms with Crippen molar-refractivity contribution in [3.8, 4) is 0 Å². The lowest BCUT2D eigenvalue weighted by Crippen LogP contribution is -2.46. The number of hydrogen-bond acceptors (Lipinski definition) is 5. The lowest BCUT2D eigenvalue weighted by molar-refractivity contribution is 0.624. The molecule has 5 nitrogen and oxygen atoms in total. The first-order chi connectivity index (χ1) is 11.7. The summed E-state index contributed by atoms with van der Waals surface area (Å²) in [5, 5.41) is 3.32. The minimum atomic E-state index is -0.195. The van der Waals surface area contributed by atoms with Gasteiger partial charge in [0.1, 0.15) is 11.6 Å². The molecule has 1 aliphatic heterocycles. The van der Waals surface area contributed by atoms with Crippen LogP contribution in [0.1, 0.15) is 20.3 Å². The van der Waals surface area contributed by atoms with Crippen molar-refractivity contribution >= 4 is 17.5 Å². The van der Waals surface area contributed by atoms with Crippen molar-refractivity contribution < 1.29 is 4.39 Å². The van der Waals surface area contributed by atoms with E-state index in [1.165, 1.54) is 12.1 Å². The fourth-order valence-corrected chi connectivity index (χ4v) is 2.76. The number of hydrogen-bond donors (Lipinski definition) is 1. The summed E-state index contributed by atoms with van der Waals surface area (Å²) < 4.78 is 13.0. The summed E-state index contributed by atoms with van der Waals surface area (Å²) in [4.78, 5) is 13.5. The van der Waals surface area contributed by atoms with E-state index in [9.17, 15) is 4.39 Å². The standard InChI is InChI=1S/C18H24FN5/c1-3-14(2)21-18-20-9-8-17(22-18)24-12-10-23(11-13-24)16-6-4-15(19)5-7-16/h4-9,14H,3,10-13H2,1-2H3,(H,20,21,22). The van der Waals surface area contributed by atoms with Crippen LogP contribution in [0.3, 0.4) is 0 Å². The van der Waals surface area contributed by atoms with Gasteiger partial charge in [0.05, 0.1) is 0 Å². The third-order valence-electron chi connectivity index (χ3n) is 4.42. The number of benzene rings is 1. The quantitative estimate of drug-likeness (QED) is 0.913. The van der Waals surface area contributed by atoms with Crippen molar-refractivity contribution in [3.05, 3.63) is 42.3 Å². The van der Waals surface area contributed by atoms with E-state index in [0.29, 0.717) is 12.0 Å². The number of nitrogens with zero attached hydrogens (tertiary/aromatic N) is 4. The molecular weight excluding hydrogens is 305 g/mol. The van der Waals surface area contributed by atoms with E-state index in [1.54, 1.807) is 6.20 Å². The van der Waals surface area contributed by atoms with E-state index in [2.05, 4.69) is 38.9 Å². The molecule has 6 heteroatoms. The Balaban J connectivity index is 1.62. The van der Waals surface area contributed by atoms with E-state index in [1.807, 2.05) is 18.2 Å². The second-order valence-corrected chi connectivity index (χ2v) is 6.14. The third-order valence-corrected chi connectivity index (χ3v) is 4.42. The molecule has 1 atom stereocenters. The molecule has 0 amide bonds. The van der Waals surface area contributed by atoms with Crippen molar-refractivity contribution in [1.82, 2.24) is 9.97 Å². The van der Waals surface area contributed by atoms with Crippen LogP contribution in [0, 0.1) is 5.82 Å². The molecule has 1 N–H and O–H groups in total. The number of halogens is 1. The first-order valence-electron chi connectivity index (χ1n) is 8.50. The van der Waals surface area contributed by atoms with Gasteiger partial charge in [-0.3, -0.25) is 0 Å². The Hall–Kier alpha value is -2.37. The predicted octanol–water partition coefficient (Wildman–Crippen LogP) is 3.15. The van der Waals surface area contributed by atoms with Crippen LogP contribution in [0.25, 0.3) is 0 Å². The minimum Gasteiger partial charge on any atom is -0.368 e. The maximum atomic E-state index is 13.0. The highest BCUT2D eigenvalue weighted by atomic mass is 19.1. The van der Waals surface area contributed by atoms with Gasteiger partial charge in [-0.2, -0.15) is 4.98 Å². The monoisotopic (exact) mass is 329 g/mol. The fourth-order valence-electron chi connectivity index (χ4n) is 2.76. The van der Waals surface area contributed by atoms with Gasteiger partial charge >= 0.3 is 0 Å². The van der Waals surface area contributed by atoms with Crippen LogP contribution in [0.15, 0.2) is 36.5 Å². The highest BCUT2D eigenvalue weighted by Gasteiger charge is 2.19. The van der Waals surface area contributed by atoms with Gasteiger partial charge < -0.3 is 15.1 Å². The molecule has 0 spiro atoms. The van der Waals surface area contributed by atoms with E-state index >= 15 is 0 Å². The molecule has 3 rings (SSSR count). The van der Waals surface area contributed by atoms with Gasteiger partial charge in [-0.25, -0.2) is 9.37 Å². The van der Waals surface area contributed by atoms with Crippen LogP contribution >= 0.6 is 0 Å². The Bertz CT molecular complexity index is 653. The van der Waals surface area contributed by atoms with Gasteiger partial charge in [-0.15, -0.1) is 0 Å². The third kappa shape index (κ3) is 3.93. The molecule has 1 aromatic carbocycles. The Morgan fingerprint density at radius 1 is 1.08 bits per heavy atom. The second kappa shape index (κ2) is 7.47. The molecule has 128 valence electrons.